The molecule has 0 aliphatic rings. The summed E-state index contributed by atoms with van der Waals surface area (Å²) in [5.74, 6) is -1.13. The van der Waals surface area contributed by atoms with Crippen LogP contribution in [0.5, 0.6) is 0 Å². The Labute approximate surface area is 158 Å². The molecule has 2 aromatic carbocycles. The molecule has 0 spiro atoms. The van der Waals surface area contributed by atoms with Crippen molar-refractivity contribution in [2.75, 3.05) is 0 Å². The van der Waals surface area contributed by atoms with E-state index in [0.29, 0.717) is 10.6 Å². The molecule has 10 heteroatoms. The van der Waals surface area contributed by atoms with E-state index < -0.39 is 22.0 Å². The minimum Gasteiger partial charge on any atom is -0.296 e. The van der Waals surface area contributed by atoms with E-state index in [-0.39, 0.29) is 16.1 Å². The number of nitrogens with zero attached hydrogens (tertiary/aromatic N) is 2. The minimum absolute atomic E-state index is 0.0823. The van der Waals surface area contributed by atoms with Crippen LogP contribution in [0.3, 0.4) is 0 Å². The summed E-state index contributed by atoms with van der Waals surface area (Å²) in [6.07, 6.45) is -2.52. The molecule has 0 atom stereocenters. The Balaban J connectivity index is 2.27. The molecule has 27 heavy (non-hydrogen) atoms. The number of halogens is 4. The summed E-state index contributed by atoms with van der Waals surface area (Å²) < 4.78 is 64.1. The van der Waals surface area contributed by atoms with Gasteiger partial charge in [0.2, 0.25) is 15.8 Å². The molecule has 0 fully saturated rings. The van der Waals surface area contributed by atoms with Crippen LogP contribution in [-0.4, -0.2) is 18.0 Å². The average Bonchev–Trinajstić information content (AvgIpc) is 3.06. The van der Waals surface area contributed by atoms with Crippen molar-refractivity contribution < 1.29 is 21.6 Å². The number of imidazole rings is 1. The molecule has 0 saturated carbocycles. The first-order valence-corrected chi connectivity index (χ1v) is 9.45. The number of nitrogens with two attached hydrogens (primary N) is 1. The fourth-order valence-corrected chi connectivity index (χ4v) is 3.54. The third-order valence-corrected chi connectivity index (χ3v) is 5.30. The number of aryl methyl sites for hydroxylation is 1. The molecule has 0 aliphatic carbocycles. The Morgan fingerprint density at radius 1 is 1.15 bits per heavy atom. The quantitative estimate of drug-likeness (QED) is 0.697. The summed E-state index contributed by atoms with van der Waals surface area (Å²) in [4.78, 5) is 3.11. The summed E-state index contributed by atoms with van der Waals surface area (Å²) in [5, 5.41) is 5.66. The lowest BCUT2D eigenvalue weighted by Crippen LogP contribution is -2.15. The monoisotopic (exact) mass is 415 g/mol. The van der Waals surface area contributed by atoms with E-state index in [4.69, 9.17) is 16.7 Å². The molecule has 2 N–H and O–H groups in total. The second-order valence-corrected chi connectivity index (χ2v) is 7.75. The van der Waals surface area contributed by atoms with Crippen molar-refractivity contribution in [3.8, 4) is 16.8 Å². The molecule has 0 amide bonds. The average molecular weight is 416 g/mol. The summed E-state index contributed by atoms with van der Waals surface area (Å²) in [5.41, 5.74) is 1.39. The van der Waals surface area contributed by atoms with Gasteiger partial charge < -0.3 is 0 Å². The fourth-order valence-electron chi connectivity index (χ4n) is 2.62. The topological polar surface area (TPSA) is 78.0 Å². The van der Waals surface area contributed by atoms with Gasteiger partial charge in [0.15, 0.2) is 0 Å². The van der Waals surface area contributed by atoms with Crippen molar-refractivity contribution in [2.45, 2.75) is 18.0 Å². The van der Waals surface area contributed by atoms with Gasteiger partial charge in [0, 0.05) is 28.7 Å². The largest absolute Gasteiger partial charge is 0.450 e. The lowest BCUT2D eigenvalue weighted by molar-refractivity contribution is -0.145. The Morgan fingerprint density at radius 2 is 1.85 bits per heavy atom. The standard InChI is InChI=1S/C17H13ClF3N3O2S/c1-10-2-3-11(8-14(10)18)13-9-12(4-5-15(13)27(22,25)26)24-7-6-23-16(24)17(19,20)21/h2-9H,1H3,(H2,22,25,26). The van der Waals surface area contributed by atoms with E-state index in [1.54, 1.807) is 19.1 Å². The Morgan fingerprint density at radius 3 is 2.44 bits per heavy atom. The van der Waals surface area contributed by atoms with Gasteiger partial charge in [-0.05, 0) is 42.3 Å². The zero-order chi connectivity index (χ0) is 20.0. The van der Waals surface area contributed by atoms with Gasteiger partial charge >= 0.3 is 6.18 Å². The molecule has 1 heterocycles. The Hall–Kier alpha value is -2.36. The van der Waals surface area contributed by atoms with Crippen LogP contribution in [0, 0.1) is 6.92 Å². The van der Waals surface area contributed by atoms with Crippen molar-refractivity contribution in [2.24, 2.45) is 5.14 Å². The summed E-state index contributed by atoms with van der Waals surface area (Å²) in [6.45, 7) is 1.77. The number of benzene rings is 2. The van der Waals surface area contributed by atoms with Crippen LogP contribution in [-0.2, 0) is 16.2 Å². The number of rotatable bonds is 3. The molecule has 3 aromatic rings. The number of hydrogen-bond acceptors (Lipinski definition) is 3. The lowest BCUT2D eigenvalue weighted by atomic mass is 10.0. The second kappa shape index (κ2) is 6.66. The Kier molecular flexibility index (Phi) is 4.79. The number of aromatic nitrogens is 2. The van der Waals surface area contributed by atoms with E-state index in [1.807, 2.05) is 0 Å². The van der Waals surface area contributed by atoms with E-state index in [1.165, 1.54) is 18.2 Å². The molecule has 0 aliphatic heterocycles. The van der Waals surface area contributed by atoms with Crippen molar-refractivity contribution in [1.29, 1.82) is 0 Å². The van der Waals surface area contributed by atoms with Crippen molar-refractivity contribution in [3.63, 3.8) is 0 Å². The van der Waals surface area contributed by atoms with Gasteiger partial charge in [-0.15, -0.1) is 0 Å². The first-order valence-electron chi connectivity index (χ1n) is 7.53. The summed E-state index contributed by atoms with van der Waals surface area (Å²) >= 11 is 6.11. The third kappa shape index (κ3) is 3.85. The lowest BCUT2D eigenvalue weighted by Gasteiger charge is -2.14. The first kappa shape index (κ1) is 19.4. The van der Waals surface area contributed by atoms with Gasteiger partial charge in [-0.3, -0.25) is 4.57 Å². The van der Waals surface area contributed by atoms with E-state index in [9.17, 15) is 21.6 Å². The maximum Gasteiger partial charge on any atom is 0.450 e. The van der Waals surface area contributed by atoms with E-state index in [0.717, 1.165) is 28.6 Å². The molecule has 0 saturated heterocycles. The Bertz CT molecular complexity index is 1120. The van der Waals surface area contributed by atoms with Crippen LogP contribution < -0.4 is 5.14 Å². The van der Waals surface area contributed by atoms with Gasteiger partial charge in [0.25, 0.3) is 0 Å². The highest BCUT2D eigenvalue weighted by molar-refractivity contribution is 7.89. The van der Waals surface area contributed by atoms with Crippen LogP contribution in [0.15, 0.2) is 53.7 Å². The maximum absolute atomic E-state index is 13.1. The smallest absolute Gasteiger partial charge is 0.296 e. The van der Waals surface area contributed by atoms with Crippen molar-refractivity contribution >= 4 is 21.6 Å². The van der Waals surface area contributed by atoms with E-state index in [2.05, 4.69) is 4.98 Å². The zero-order valence-electron chi connectivity index (χ0n) is 13.8. The van der Waals surface area contributed by atoms with Gasteiger partial charge in [-0.1, -0.05) is 23.7 Å². The van der Waals surface area contributed by atoms with Crippen molar-refractivity contribution in [1.82, 2.24) is 9.55 Å². The van der Waals surface area contributed by atoms with Crippen LogP contribution in [0.25, 0.3) is 16.8 Å². The molecule has 3 rings (SSSR count). The molecule has 1 aromatic heterocycles. The van der Waals surface area contributed by atoms with Crippen molar-refractivity contribution in [3.05, 3.63) is 65.2 Å². The molecular formula is C17H13ClF3N3O2S. The normalized spacial score (nSPS) is 12.4. The third-order valence-electron chi connectivity index (χ3n) is 3.92. The molecular weight excluding hydrogens is 403 g/mol. The highest BCUT2D eigenvalue weighted by Crippen LogP contribution is 2.34. The second-order valence-electron chi connectivity index (χ2n) is 5.81. The van der Waals surface area contributed by atoms with Crippen LogP contribution in [0.2, 0.25) is 5.02 Å². The SMILES string of the molecule is Cc1ccc(-c2cc(-n3ccnc3C(F)(F)F)ccc2S(N)(=O)=O)cc1Cl. The zero-order valence-corrected chi connectivity index (χ0v) is 15.4. The van der Waals surface area contributed by atoms with Crippen LogP contribution >= 0.6 is 11.6 Å². The van der Waals surface area contributed by atoms with Crippen LogP contribution in [0.1, 0.15) is 11.4 Å². The van der Waals surface area contributed by atoms with Gasteiger partial charge in [0.1, 0.15) is 0 Å². The minimum atomic E-state index is -4.67. The predicted molar refractivity (Wildman–Crippen MR) is 95.1 cm³/mol. The maximum atomic E-state index is 13.1. The molecule has 0 unspecified atom stereocenters. The first-order chi connectivity index (χ1) is 12.5. The molecule has 5 nitrogen and oxygen atoms in total. The van der Waals surface area contributed by atoms with Gasteiger partial charge in [-0.2, -0.15) is 13.2 Å². The summed E-state index contributed by atoms with van der Waals surface area (Å²) in [6, 6.07) is 8.52. The predicted octanol–water partition coefficient (Wildman–Crippen LogP) is 4.17. The number of sulfonamides is 1. The molecule has 142 valence electrons. The molecule has 0 bridgehead atoms. The van der Waals surface area contributed by atoms with Gasteiger partial charge in [-0.25, -0.2) is 18.5 Å². The van der Waals surface area contributed by atoms with Crippen LogP contribution in [0.4, 0.5) is 13.2 Å². The number of hydrogen-bond donors (Lipinski definition) is 1. The highest BCUT2D eigenvalue weighted by Gasteiger charge is 2.36. The number of alkyl halides is 3. The molecule has 0 radical (unpaired) electrons. The van der Waals surface area contributed by atoms with E-state index >= 15 is 0 Å². The number of primary sulfonamides is 1. The van der Waals surface area contributed by atoms with Gasteiger partial charge in [0.05, 0.1) is 4.90 Å². The summed E-state index contributed by atoms with van der Waals surface area (Å²) in [7, 11) is -4.12. The fraction of sp³-hybridized carbons (Fsp3) is 0.118. The highest BCUT2D eigenvalue weighted by atomic mass is 35.5.